The number of aromatic nitrogens is 1. The van der Waals surface area contributed by atoms with E-state index in [-0.39, 0.29) is 17.4 Å². The summed E-state index contributed by atoms with van der Waals surface area (Å²) in [7, 11) is 1.62. The summed E-state index contributed by atoms with van der Waals surface area (Å²) in [4.78, 5) is 27.4. The van der Waals surface area contributed by atoms with E-state index in [1.54, 1.807) is 7.11 Å². The van der Waals surface area contributed by atoms with Crippen molar-refractivity contribution >= 4 is 11.6 Å². The van der Waals surface area contributed by atoms with Crippen molar-refractivity contribution in [3.05, 3.63) is 64.1 Å². The van der Waals surface area contributed by atoms with E-state index in [1.807, 2.05) is 45.9 Å². The Morgan fingerprint density at radius 1 is 1.14 bits per heavy atom. The van der Waals surface area contributed by atoms with E-state index >= 15 is 0 Å². The fourth-order valence-electron chi connectivity index (χ4n) is 4.42. The van der Waals surface area contributed by atoms with Crippen molar-refractivity contribution in [1.82, 2.24) is 9.47 Å². The van der Waals surface area contributed by atoms with Crippen molar-refractivity contribution in [2.75, 3.05) is 32.1 Å². The molecule has 1 saturated heterocycles. The maximum absolute atomic E-state index is 13.0. The van der Waals surface area contributed by atoms with Crippen LogP contribution in [0.4, 0.5) is 5.69 Å². The van der Waals surface area contributed by atoms with Gasteiger partial charge in [-0.25, -0.2) is 0 Å². The first-order chi connectivity index (χ1) is 13.7. The lowest BCUT2D eigenvalue weighted by Crippen LogP contribution is -2.49. The average Bonchev–Trinajstić information content (AvgIpc) is 2.72. The van der Waals surface area contributed by atoms with Crippen LogP contribution in [0.1, 0.15) is 30.0 Å². The number of rotatable bonds is 6. The van der Waals surface area contributed by atoms with Gasteiger partial charge in [-0.2, -0.15) is 0 Å². The molecule has 6 heteroatoms. The van der Waals surface area contributed by atoms with E-state index in [0.717, 1.165) is 24.2 Å². The molecule has 0 aliphatic carbocycles. The van der Waals surface area contributed by atoms with Gasteiger partial charge in [0.25, 0.3) is 5.56 Å². The molecular weight excluding hydrogens is 354 g/mol. The van der Waals surface area contributed by atoms with Crippen LogP contribution in [-0.2, 0) is 22.6 Å². The smallest absolute Gasteiger partial charge is 0.274 e. The Kier molecular flexibility index (Phi) is 5.48. The first-order valence-electron chi connectivity index (χ1n) is 9.94. The average molecular weight is 381 g/mol. The van der Waals surface area contributed by atoms with Crippen LogP contribution >= 0.6 is 0 Å². The number of hydrogen-bond donors (Lipinski definition) is 1. The minimum atomic E-state index is 0.0438. The molecule has 2 aromatic rings. The number of anilines is 1. The number of hydrogen-bond acceptors (Lipinski definition) is 4. The predicted octanol–water partition coefficient (Wildman–Crippen LogP) is 2.44. The zero-order valence-corrected chi connectivity index (χ0v) is 16.3. The summed E-state index contributed by atoms with van der Waals surface area (Å²) in [5, 5.41) is 3.28. The predicted molar refractivity (Wildman–Crippen MR) is 108 cm³/mol. The molecule has 2 bridgehead atoms. The number of piperidine rings is 1. The Balaban J connectivity index is 1.50. The molecule has 1 aromatic carbocycles. The van der Waals surface area contributed by atoms with Gasteiger partial charge in [-0.1, -0.05) is 30.3 Å². The van der Waals surface area contributed by atoms with Crippen LogP contribution in [0.15, 0.2) is 47.3 Å². The van der Waals surface area contributed by atoms with E-state index in [9.17, 15) is 9.59 Å². The lowest BCUT2D eigenvalue weighted by atomic mass is 9.83. The summed E-state index contributed by atoms with van der Waals surface area (Å²) in [6, 6.07) is 14.0. The first-order valence-corrected chi connectivity index (χ1v) is 9.94. The number of nitrogens with zero attached hydrogens (tertiary/aromatic N) is 2. The fraction of sp³-hybridized carbons (Fsp3) is 0.455. The first kappa shape index (κ1) is 18.7. The summed E-state index contributed by atoms with van der Waals surface area (Å²) in [6.45, 7) is 3.18. The van der Waals surface area contributed by atoms with E-state index in [4.69, 9.17) is 4.74 Å². The zero-order chi connectivity index (χ0) is 19.5. The molecule has 0 unspecified atom stereocenters. The van der Waals surface area contributed by atoms with Crippen LogP contribution in [0, 0.1) is 5.92 Å². The van der Waals surface area contributed by atoms with Crippen molar-refractivity contribution < 1.29 is 9.53 Å². The molecule has 0 spiro atoms. The Morgan fingerprint density at radius 3 is 2.75 bits per heavy atom. The normalized spacial score (nSPS) is 20.5. The Labute approximate surface area is 165 Å². The van der Waals surface area contributed by atoms with E-state index < -0.39 is 0 Å². The highest BCUT2D eigenvalue weighted by Crippen LogP contribution is 2.35. The summed E-state index contributed by atoms with van der Waals surface area (Å²) in [5.41, 5.74) is 2.88. The molecule has 1 N–H and O–H groups in total. The van der Waals surface area contributed by atoms with Gasteiger partial charge in [-0.15, -0.1) is 0 Å². The molecule has 2 atom stereocenters. The second-order valence-corrected chi connectivity index (χ2v) is 7.77. The monoisotopic (exact) mass is 381 g/mol. The topological polar surface area (TPSA) is 63.6 Å². The number of benzene rings is 1. The van der Waals surface area contributed by atoms with Gasteiger partial charge in [0.15, 0.2) is 0 Å². The van der Waals surface area contributed by atoms with Crippen LogP contribution in [0.3, 0.4) is 0 Å². The lowest BCUT2D eigenvalue weighted by molar-refractivity contribution is -0.134. The number of carbonyl (C=O) groups is 1. The van der Waals surface area contributed by atoms with Gasteiger partial charge in [-0.3, -0.25) is 9.59 Å². The summed E-state index contributed by atoms with van der Waals surface area (Å²) < 4.78 is 6.96. The molecule has 0 radical (unpaired) electrons. The molecule has 3 heterocycles. The largest absolute Gasteiger partial charge is 0.384 e. The van der Waals surface area contributed by atoms with Crippen molar-refractivity contribution in [2.45, 2.75) is 31.8 Å². The Bertz CT molecular complexity index is 894. The maximum Gasteiger partial charge on any atom is 0.274 e. The van der Waals surface area contributed by atoms with Crippen LogP contribution in [0.2, 0.25) is 0 Å². The number of methoxy groups -OCH3 is 1. The van der Waals surface area contributed by atoms with Crippen LogP contribution < -0.4 is 10.9 Å². The van der Waals surface area contributed by atoms with Crippen LogP contribution in [0.25, 0.3) is 0 Å². The highest BCUT2D eigenvalue weighted by Gasteiger charge is 2.36. The second kappa shape index (κ2) is 8.19. The van der Waals surface area contributed by atoms with Crippen LogP contribution in [-0.4, -0.2) is 42.2 Å². The minimum Gasteiger partial charge on any atom is -0.384 e. The number of likely N-dealkylation sites (tertiary alicyclic amines) is 1. The number of fused-ring (bicyclic) bond motifs is 4. The van der Waals surface area contributed by atoms with E-state index in [2.05, 4.69) is 11.4 Å². The van der Waals surface area contributed by atoms with Crippen LogP contribution in [0.5, 0.6) is 0 Å². The third-order valence-corrected chi connectivity index (χ3v) is 5.80. The van der Waals surface area contributed by atoms with Gasteiger partial charge >= 0.3 is 0 Å². The van der Waals surface area contributed by atoms with Gasteiger partial charge in [-0.05, 0) is 30.0 Å². The maximum atomic E-state index is 13.0. The van der Waals surface area contributed by atoms with Crippen molar-refractivity contribution in [3.63, 3.8) is 0 Å². The third kappa shape index (κ3) is 3.83. The standard InChI is InChI=1S/C22H27N3O3/c1-28-10-9-21(26)24-13-17-11-18(15-24)20-8-7-19(22(27)25(20)14-17)23-12-16-5-3-2-4-6-16/h2-8,17-18,23H,9-15H2,1H3/t17-,18+/m0/s1. The quantitative estimate of drug-likeness (QED) is 0.835. The van der Waals surface area contributed by atoms with E-state index in [0.29, 0.717) is 44.3 Å². The highest BCUT2D eigenvalue weighted by molar-refractivity contribution is 5.76. The summed E-state index contributed by atoms with van der Waals surface area (Å²) in [5.74, 6) is 0.711. The SMILES string of the molecule is COCCC(=O)N1C[C@@H]2C[C@H](C1)c1ccc(NCc3ccccc3)c(=O)n1C2. The lowest BCUT2D eigenvalue weighted by Gasteiger charge is -2.43. The van der Waals surface area contributed by atoms with E-state index in [1.165, 1.54) is 0 Å². The second-order valence-electron chi connectivity index (χ2n) is 7.77. The van der Waals surface area contributed by atoms with Crippen molar-refractivity contribution in [3.8, 4) is 0 Å². The number of carbonyl (C=O) groups excluding carboxylic acids is 1. The number of ether oxygens (including phenoxy) is 1. The van der Waals surface area contributed by atoms with Gasteiger partial charge in [0, 0.05) is 44.9 Å². The van der Waals surface area contributed by atoms with Gasteiger partial charge < -0.3 is 19.5 Å². The number of amides is 1. The molecule has 0 saturated carbocycles. The molecule has 1 amide bonds. The molecule has 1 aromatic heterocycles. The third-order valence-electron chi connectivity index (χ3n) is 5.80. The molecule has 2 aliphatic rings. The molecule has 4 rings (SSSR count). The molecule has 2 aliphatic heterocycles. The molecular formula is C22H27N3O3. The summed E-state index contributed by atoms with van der Waals surface area (Å²) in [6.07, 6.45) is 1.47. The van der Waals surface area contributed by atoms with Crippen molar-refractivity contribution in [1.29, 1.82) is 0 Å². The molecule has 28 heavy (non-hydrogen) atoms. The van der Waals surface area contributed by atoms with Gasteiger partial charge in [0.05, 0.1) is 13.0 Å². The number of nitrogens with one attached hydrogen (secondary N) is 1. The Morgan fingerprint density at radius 2 is 1.96 bits per heavy atom. The zero-order valence-electron chi connectivity index (χ0n) is 16.3. The minimum absolute atomic E-state index is 0.0438. The molecule has 6 nitrogen and oxygen atoms in total. The number of pyridine rings is 1. The van der Waals surface area contributed by atoms with Gasteiger partial charge in [0.2, 0.25) is 5.91 Å². The highest BCUT2D eigenvalue weighted by atomic mass is 16.5. The molecule has 148 valence electrons. The van der Waals surface area contributed by atoms with Crippen molar-refractivity contribution in [2.24, 2.45) is 5.92 Å². The van der Waals surface area contributed by atoms with Gasteiger partial charge in [0.1, 0.15) is 5.69 Å². The fourth-order valence-corrected chi connectivity index (χ4v) is 4.42. The summed E-state index contributed by atoms with van der Waals surface area (Å²) >= 11 is 0. The molecule has 1 fully saturated rings. The Hall–Kier alpha value is -2.60.